The third kappa shape index (κ3) is 6.78. The number of amides is 3. The van der Waals surface area contributed by atoms with Gasteiger partial charge in [0.25, 0.3) is 5.91 Å². The Morgan fingerprint density at radius 3 is 2.36 bits per heavy atom. The molecule has 2 heterocycles. The van der Waals surface area contributed by atoms with Crippen molar-refractivity contribution in [2.75, 3.05) is 50.0 Å². The van der Waals surface area contributed by atoms with E-state index in [1.807, 2.05) is 42.0 Å². The number of carbonyl (C=O) groups is 3. The minimum atomic E-state index is -0.130. The van der Waals surface area contributed by atoms with Crippen molar-refractivity contribution in [2.45, 2.75) is 59.7 Å². The lowest BCUT2D eigenvalue weighted by Crippen LogP contribution is -2.49. The van der Waals surface area contributed by atoms with Crippen LogP contribution in [0.25, 0.3) is 0 Å². The predicted octanol–water partition coefficient (Wildman–Crippen LogP) is 2.92. The second-order valence-electron chi connectivity index (χ2n) is 10.7. The largest absolute Gasteiger partial charge is 0.376 e. The van der Waals surface area contributed by atoms with Crippen molar-refractivity contribution in [1.82, 2.24) is 20.2 Å². The first-order chi connectivity index (χ1) is 18.7. The van der Waals surface area contributed by atoms with E-state index in [-0.39, 0.29) is 36.9 Å². The molecular weight excluding hydrogens is 492 g/mol. The highest BCUT2D eigenvalue weighted by molar-refractivity contribution is 5.97. The number of rotatable bonds is 11. The average molecular weight is 535 g/mol. The van der Waals surface area contributed by atoms with Gasteiger partial charge in [0.15, 0.2) is 0 Å². The third-order valence-electron chi connectivity index (χ3n) is 7.59. The SMILES string of the molecule is CCN1C(=O)CCc2cc(NCC(=O)N(CCNC(C)C)CC(=O)N(C)N3Cc4ccccc4C3)c(C)cc21. The van der Waals surface area contributed by atoms with Gasteiger partial charge >= 0.3 is 0 Å². The zero-order valence-electron chi connectivity index (χ0n) is 23.9. The summed E-state index contributed by atoms with van der Waals surface area (Å²) in [6.07, 6.45) is 1.19. The molecule has 9 nitrogen and oxygen atoms in total. The number of carbonyl (C=O) groups excluding carboxylic acids is 3. The lowest BCUT2D eigenvalue weighted by molar-refractivity contribution is -0.151. The van der Waals surface area contributed by atoms with Crippen molar-refractivity contribution >= 4 is 29.1 Å². The number of hydrazine groups is 1. The van der Waals surface area contributed by atoms with E-state index in [1.54, 1.807) is 17.0 Å². The lowest BCUT2D eigenvalue weighted by atomic mass is 9.98. The fourth-order valence-corrected chi connectivity index (χ4v) is 5.25. The zero-order valence-corrected chi connectivity index (χ0v) is 23.9. The fraction of sp³-hybridized carbons (Fsp3) is 0.500. The van der Waals surface area contributed by atoms with Crippen molar-refractivity contribution in [1.29, 1.82) is 0 Å². The quantitative estimate of drug-likeness (QED) is 0.461. The van der Waals surface area contributed by atoms with E-state index in [4.69, 9.17) is 0 Å². The first-order valence-electron chi connectivity index (χ1n) is 13.9. The molecular formula is C30H42N6O3. The Labute approximate surface area is 232 Å². The summed E-state index contributed by atoms with van der Waals surface area (Å²) >= 11 is 0. The van der Waals surface area contributed by atoms with E-state index in [1.165, 1.54) is 11.1 Å². The monoisotopic (exact) mass is 534 g/mol. The van der Waals surface area contributed by atoms with Crippen LogP contribution in [-0.4, -0.2) is 78.5 Å². The van der Waals surface area contributed by atoms with E-state index in [0.29, 0.717) is 45.6 Å². The highest BCUT2D eigenvalue weighted by atomic mass is 16.2. The molecule has 0 unspecified atom stereocenters. The van der Waals surface area contributed by atoms with Gasteiger partial charge < -0.3 is 20.4 Å². The second kappa shape index (κ2) is 12.6. The van der Waals surface area contributed by atoms with E-state index < -0.39 is 0 Å². The predicted molar refractivity (Wildman–Crippen MR) is 154 cm³/mol. The molecule has 0 saturated heterocycles. The summed E-state index contributed by atoms with van der Waals surface area (Å²) in [7, 11) is 1.78. The molecule has 0 aliphatic carbocycles. The molecule has 3 amide bonds. The number of anilines is 2. The second-order valence-corrected chi connectivity index (χ2v) is 10.7. The zero-order chi connectivity index (χ0) is 28.1. The van der Waals surface area contributed by atoms with Crippen LogP contribution in [0.1, 0.15) is 49.4 Å². The molecule has 39 heavy (non-hydrogen) atoms. The van der Waals surface area contributed by atoms with Gasteiger partial charge in [0.1, 0.15) is 6.54 Å². The number of nitrogens with zero attached hydrogens (tertiary/aromatic N) is 4. The summed E-state index contributed by atoms with van der Waals surface area (Å²) in [6.45, 7) is 11.2. The van der Waals surface area contributed by atoms with Crippen molar-refractivity contribution in [2.24, 2.45) is 0 Å². The molecule has 0 fully saturated rings. The van der Waals surface area contributed by atoms with Gasteiger partial charge in [-0.1, -0.05) is 38.1 Å². The molecule has 0 saturated carbocycles. The minimum absolute atomic E-state index is 0.0143. The molecule has 2 aromatic rings. The number of benzene rings is 2. The van der Waals surface area contributed by atoms with E-state index in [0.717, 1.165) is 22.5 Å². The summed E-state index contributed by atoms with van der Waals surface area (Å²) < 4.78 is 0. The Hall–Kier alpha value is -3.43. The van der Waals surface area contributed by atoms with Gasteiger partial charge in [-0.2, -0.15) is 0 Å². The molecule has 4 rings (SSSR count). The summed E-state index contributed by atoms with van der Waals surface area (Å²) in [6, 6.07) is 12.6. The maximum absolute atomic E-state index is 13.4. The number of aryl methyl sites for hydroxylation is 2. The number of nitrogens with one attached hydrogen (secondary N) is 2. The molecule has 0 bridgehead atoms. The van der Waals surface area contributed by atoms with Gasteiger partial charge in [-0.25, -0.2) is 5.01 Å². The number of likely N-dealkylation sites (N-methyl/N-ethyl adjacent to an activating group) is 1. The molecule has 0 atom stereocenters. The van der Waals surface area contributed by atoms with Crippen LogP contribution in [0.3, 0.4) is 0 Å². The standard InChI is InChI=1S/C30H42N6O3/c1-6-36-27-15-22(4)26(16-23(27)11-12-28(36)37)32-17-29(38)34(14-13-31-21(2)3)20-30(39)33(5)35-18-24-9-7-8-10-25(24)19-35/h7-10,15-16,21,31-32H,6,11-14,17-20H2,1-5H3. The van der Waals surface area contributed by atoms with Gasteiger partial charge in [0.05, 0.1) is 6.54 Å². The van der Waals surface area contributed by atoms with Crippen LogP contribution in [0.4, 0.5) is 11.4 Å². The topological polar surface area (TPSA) is 88.2 Å². The normalized spacial score (nSPS) is 14.8. The van der Waals surface area contributed by atoms with Gasteiger partial charge in [0.2, 0.25) is 11.8 Å². The minimum Gasteiger partial charge on any atom is -0.376 e. The molecule has 0 radical (unpaired) electrons. The van der Waals surface area contributed by atoms with Crippen LogP contribution in [0, 0.1) is 6.92 Å². The van der Waals surface area contributed by atoms with Gasteiger partial charge in [-0.05, 0) is 54.7 Å². The van der Waals surface area contributed by atoms with Crippen LogP contribution in [-0.2, 0) is 33.9 Å². The number of fused-ring (bicyclic) bond motifs is 2. The van der Waals surface area contributed by atoms with Crippen LogP contribution in [0.2, 0.25) is 0 Å². The van der Waals surface area contributed by atoms with Crippen molar-refractivity contribution in [3.8, 4) is 0 Å². The van der Waals surface area contributed by atoms with Gasteiger partial charge in [-0.3, -0.25) is 19.4 Å². The first-order valence-corrected chi connectivity index (χ1v) is 13.9. The third-order valence-corrected chi connectivity index (χ3v) is 7.59. The first kappa shape index (κ1) is 28.6. The smallest absolute Gasteiger partial charge is 0.256 e. The molecule has 2 aliphatic rings. The highest BCUT2D eigenvalue weighted by Crippen LogP contribution is 2.32. The Kier molecular flexibility index (Phi) is 9.24. The Morgan fingerprint density at radius 1 is 1.03 bits per heavy atom. The van der Waals surface area contributed by atoms with E-state index in [2.05, 4.69) is 42.7 Å². The highest BCUT2D eigenvalue weighted by Gasteiger charge is 2.28. The summed E-state index contributed by atoms with van der Waals surface area (Å²) in [5.74, 6) is -0.0946. The van der Waals surface area contributed by atoms with E-state index >= 15 is 0 Å². The van der Waals surface area contributed by atoms with Crippen molar-refractivity contribution in [3.05, 3.63) is 58.7 Å². The van der Waals surface area contributed by atoms with Crippen LogP contribution >= 0.6 is 0 Å². The van der Waals surface area contributed by atoms with Crippen LogP contribution in [0.15, 0.2) is 36.4 Å². The maximum Gasteiger partial charge on any atom is 0.256 e. The van der Waals surface area contributed by atoms with Crippen molar-refractivity contribution < 1.29 is 14.4 Å². The van der Waals surface area contributed by atoms with E-state index in [9.17, 15) is 14.4 Å². The molecule has 0 spiro atoms. The Balaban J connectivity index is 1.41. The maximum atomic E-state index is 13.4. The van der Waals surface area contributed by atoms with Gasteiger partial charge in [0, 0.05) is 63.6 Å². The fourth-order valence-electron chi connectivity index (χ4n) is 5.25. The molecule has 2 N–H and O–H groups in total. The molecule has 2 aromatic carbocycles. The van der Waals surface area contributed by atoms with Crippen molar-refractivity contribution in [3.63, 3.8) is 0 Å². The Bertz CT molecular complexity index is 1190. The van der Waals surface area contributed by atoms with Crippen LogP contribution < -0.4 is 15.5 Å². The molecule has 2 aliphatic heterocycles. The Morgan fingerprint density at radius 2 is 1.72 bits per heavy atom. The molecule has 210 valence electrons. The van der Waals surface area contributed by atoms with Gasteiger partial charge in [-0.15, -0.1) is 0 Å². The molecule has 0 aromatic heterocycles. The number of hydrogen-bond donors (Lipinski definition) is 2. The summed E-state index contributed by atoms with van der Waals surface area (Å²) in [4.78, 5) is 42.4. The van der Waals surface area contributed by atoms with Crippen LogP contribution in [0.5, 0.6) is 0 Å². The summed E-state index contributed by atoms with van der Waals surface area (Å²) in [5, 5.41) is 10.3. The lowest BCUT2D eigenvalue weighted by Gasteiger charge is -2.31. The summed E-state index contributed by atoms with van der Waals surface area (Å²) in [5.41, 5.74) is 6.38. The number of hydrogen-bond acceptors (Lipinski definition) is 6. The molecule has 9 heteroatoms. The average Bonchev–Trinajstić information content (AvgIpc) is 3.35.